The SMILES string of the molecule is CN=C(NCC1CCCOC1C(C)(C)C)NC1CCOc2ccccc21.I. The van der Waals surface area contributed by atoms with E-state index in [1.54, 1.807) is 0 Å². The summed E-state index contributed by atoms with van der Waals surface area (Å²) in [6, 6.07) is 8.47. The summed E-state index contributed by atoms with van der Waals surface area (Å²) in [4.78, 5) is 4.44. The summed E-state index contributed by atoms with van der Waals surface area (Å²) < 4.78 is 11.9. The highest BCUT2D eigenvalue weighted by molar-refractivity contribution is 14.0. The maximum atomic E-state index is 6.10. The Bertz CT molecular complexity index is 630. The molecule has 0 bridgehead atoms. The van der Waals surface area contributed by atoms with Crippen LogP contribution >= 0.6 is 24.0 Å². The van der Waals surface area contributed by atoms with Gasteiger partial charge in [-0.25, -0.2) is 0 Å². The number of halogens is 1. The van der Waals surface area contributed by atoms with Gasteiger partial charge in [-0.05, 0) is 24.3 Å². The zero-order valence-electron chi connectivity index (χ0n) is 17.0. The van der Waals surface area contributed by atoms with E-state index in [9.17, 15) is 0 Å². The maximum absolute atomic E-state index is 6.10. The van der Waals surface area contributed by atoms with Gasteiger partial charge in [0.25, 0.3) is 0 Å². The second-order valence-corrected chi connectivity index (χ2v) is 8.38. The summed E-state index contributed by atoms with van der Waals surface area (Å²) in [5, 5.41) is 7.11. The Morgan fingerprint density at radius 3 is 2.70 bits per heavy atom. The molecule has 6 heteroatoms. The summed E-state index contributed by atoms with van der Waals surface area (Å²) in [6.07, 6.45) is 3.56. The molecule has 5 nitrogen and oxygen atoms in total. The van der Waals surface area contributed by atoms with Crippen LogP contribution in [-0.2, 0) is 4.74 Å². The molecule has 3 atom stereocenters. The minimum absolute atomic E-state index is 0. The molecule has 0 spiro atoms. The molecule has 27 heavy (non-hydrogen) atoms. The van der Waals surface area contributed by atoms with Crippen LogP contribution in [0.3, 0.4) is 0 Å². The zero-order valence-corrected chi connectivity index (χ0v) is 19.3. The van der Waals surface area contributed by atoms with Gasteiger partial charge in [0, 0.05) is 38.1 Å². The van der Waals surface area contributed by atoms with Gasteiger partial charge in [-0.3, -0.25) is 4.99 Å². The molecule has 1 aromatic rings. The number of ether oxygens (including phenoxy) is 2. The van der Waals surface area contributed by atoms with Crippen LogP contribution in [0.15, 0.2) is 29.3 Å². The fraction of sp³-hybridized carbons (Fsp3) is 0.667. The van der Waals surface area contributed by atoms with Crippen molar-refractivity contribution in [2.45, 2.75) is 52.2 Å². The lowest BCUT2D eigenvalue weighted by molar-refractivity contribution is -0.0835. The molecule has 2 heterocycles. The topological polar surface area (TPSA) is 54.9 Å². The van der Waals surface area contributed by atoms with E-state index >= 15 is 0 Å². The first kappa shape index (κ1) is 22.3. The molecule has 2 N–H and O–H groups in total. The van der Waals surface area contributed by atoms with Crippen LogP contribution in [0.2, 0.25) is 0 Å². The molecule has 0 aliphatic carbocycles. The predicted octanol–water partition coefficient (Wildman–Crippen LogP) is 4.13. The van der Waals surface area contributed by atoms with E-state index in [2.05, 4.69) is 48.5 Å². The number of nitrogens with zero attached hydrogens (tertiary/aromatic N) is 1. The van der Waals surface area contributed by atoms with E-state index in [0.29, 0.717) is 5.92 Å². The number of nitrogens with one attached hydrogen (secondary N) is 2. The summed E-state index contributed by atoms with van der Waals surface area (Å²) in [6.45, 7) is 9.29. The van der Waals surface area contributed by atoms with Gasteiger partial charge in [0.1, 0.15) is 5.75 Å². The number of aliphatic imine (C=N–C) groups is 1. The summed E-state index contributed by atoms with van der Waals surface area (Å²) in [5.74, 6) is 2.33. The van der Waals surface area contributed by atoms with Gasteiger partial charge in [-0.1, -0.05) is 39.0 Å². The third-order valence-corrected chi connectivity index (χ3v) is 5.32. The first-order valence-corrected chi connectivity index (χ1v) is 9.79. The lowest BCUT2D eigenvalue weighted by Gasteiger charge is -2.40. The highest BCUT2D eigenvalue weighted by atomic mass is 127. The van der Waals surface area contributed by atoms with E-state index in [4.69, 9.17) is 9.47 Å². The maximum Gasteiger partial charge on any atom is 0.191 e. The standard InChI is InChI=1S/C21H33N3O2.HI/c1-21(2,3)19-15(8-7-12-26-19)14-23-20(22-4)24-17-11-13-25-18-10-6-5-9-16(17)18;/h5-6,9-10,15,17,19H,7-8,11-14H2,1-4H3,(H2,22,23,24);1H. The molecule has 1 aromatic carbocycles. The van der Waals surface area contributed by atoms with Gasteiger partial charge in [0.15, 0.2) is 5.96 Å². The van der Waals surface area contributed by atoms with Crippen molar-refractivity contribution in [2.24, 2.45) is 16.3 Å². The molecular formula is C21H34IN3O2. The van der Waals surface area contributed by atoms with Crippen molar-refractivity contribution >= 4 is 29.9 Å². The lowest BCUT2D eigenvalue weighted by atomic mass is 9.78. The third-order valence-electron chi connectivity index (χ3n) is 5.32. The molecule has 2 aliphatic heterocycles. The Morgan fingerprint density at radius 1 is 1.19 bits per heavy atom. The summed E-state index contributed by atoms with van der Waals surface area (Å²) in [7, 11) is 1.83. The average Bonchev–Trinajstić information content (AvgIpc) is 2.64. The molecular weight excluding hydrogens is 453 g/mol. The largest absolute Gasteiger partial charge is 0.493 e. The molecule has 3 rings (SSSR count). The number of fused-ring (bicyclic) bond motifs is 1. The van der Waals surface area contributed by atoms with Gasteiger partial charge in [0.2, 0.25) is 0 Å². The van der Waals surface area contributed by atoms with E-state index < -0.39 is 0 Å². The molecule has 1 fully saturated rings. The molecule has 0 amide bonds. The van der Waals surface area contributed by atoms with Gasteiger partial charge in [0.05, 0.1) is 18.8 Å². The number of hydrogen-bond donors (Lipinski definition) is 2. The Hall–Kier alpha value is -1.02. The van der Waals surface area contributed by atoms with Crippen LogP contribution < -0.4 is 15.4 Å². The van der Waals surface area contributed by atoms with E-state index in [1.165, 1.54) is 12.0 Å². The number of benzene rings is 1. The van der Waals surface area contributed by atoms with Crippen LogP contribution in [0.1, 0.15) is 51.6 Å². The fourth-order valence-corrected chi connectivity index (χ4v) is 4.09. The van der Waals surface area contributed by atoms with E-state index in [-0.39, 0.29) is 41.5 Å². The number of hydrogen-bond acceptors (Lipinski definition) is 3. The van der Waals surface area contributed by atoms with Crippen molar-refractivity contribution in [1.82, 2.24) is 10.6 Å². The van der Waals surface area contributed by atoms with Crippen LogP contribution in [0.5, 0.6) is 5.75 Å². The molecule has 0 aromatic heterocycles. The molecule has 0 radical (unpaired) electrons. The van der Waals surface area contributed by atoms with Gasteiger partial charge >= 0.3 is 0 Å². The molecule has 3 unspecified atom stereocenters. The van der Waals surface area contributed by atoms with Gasteiger partial charge in [-0.2, -0.15) is 0 Å². The minimum atomic E-state index is 0. The number of guanidine groups is 1. The van der Waals surface area contributed by atoms with Crippen molar-refractivity contribution in [3.05, 3.63) is 29.8 Å². The Labute approximate surface area is 180 Å². The van der Waals surface area contributed by atoms with Crippen LogP contribution in [0.4, 0.5) is 0 Å². The van der Waals surface area contributed by atoms with Crippen LogP contribution in [-0.4, -0.2) is 38.9 Å². The summed E-state index contributed by atoms with van der Waals surface area (Å²) >= 11 is 0. The van der Waals surface area contributed by atoms with Crippen molar-refractivity contribution in [1.29, 1.82) is 0 Å². The van der Waals surface area contributed by atoms with Crippen LogP contribution in [0, 0.1) is 11.3 Å². The van der Waals surface area contributed by atoms with E-state index in [0.717, 1.165) is 44.3 Å². The fourth-order valence-electron chi connectivity index (χ4n) is 4.09. The minimum Gasteiger partial charge on any atom is -0.493 e. The van der Waals surface area contributed by atoms with Crippen molar-refractivity contribution < 1.29 is 9.47 Å². The smallest absolute Gasteiger partial charge is 0.191 e. The van der Waals surface area contributed by atoms with E-state index in [1.807, 2.05) is 19.2 Å². The summed E-state index contributed by atoms with van der Waals surface area (Å²) in [5.41, 5.74) is 1.36. The molecule has 1 saturated heterocycles. The molecule has 0 saturated carbocycles. The average molecular weight is 487 g/mol. The Balaban J connectivity index is 0.00000261. The third kappa shape index (κ3) is 5.73. The first-order chi connectivity index (χ1) is 12.5. The molecule has 2 aliphatic rings. The second kappa shape index (κ2) is 9.96. The zero-order chi connectivity index (χ0) is 18.6. The normalized spacial score (nSPS) is 25.6. The number of rotatable bonds is 3. The number of para-hydroxylation sites is 1. The lowest BCUT2D eigenvalue weighted by Crippen LogP contribution is -2.48. The Kier molecular flexibility index (Phi) is 8.21. The monoisotopic (exact) mass is 487 g/mol. The predicted molar refractivity (Wildman–Crippen MR) is 121 cm³/mol. The first-order valence-electron chi connectivity index (χ1n) is 9.79. The Morgan fingerprint density at radius 2 is 1.96 bits per heavy atom. The van der Waals surface area contributed by atoms with Gasteiger partial charge in [-0.15, -0.1) is 24.0 Å². The van der Waals surface area contributed by atoms with Crippen molar-refractivity contribution in [3.63, 3.8) is 0 Å². The molecule has 152 valence electrons. The highest BCUT2D eigenvalue weighted by Crippen LogP contribution is 2.34. The quantitative estimate of drug-likeness (QED) is 0.383. The van der Waals surface area contributed by atoms with Crippen molar-refractivity contribution in [3.8, 4) is 5.75 Å². The van der Waals surface area contributed by atoms with Crippen molar-refractivity contribution in [2.75, 3.05) is 26.8 Å². The van der Waals surface area contributed by atoms with Gasteiger partial charge < -0.3 is 20.1 Å². The van der Waals surface area contributed by atoms with Crippen LogP contribution in [0.25, 0.3) is 0 Å². The second-order valence-electron chi connectivity index (χ2n) is 8.38. The highest BCUT2D eigenvalue weighted by Gasteiger charge is 2.35.